The summed E-state index contributed by atoms with van der Waals surface area (Å²) in [5.41, 5.74) is 0.684. The van der Waals surface area contributed by atoms with Crippen LogP contribution in [0.3, 0.4) is 0 Å². The molecule has 0 unspecified atom stereocenters. The van der Waals surface area contributed by atoms with Crippen LogP contribution in [0.4, 0.5) is 4.39 Å². The molecule has 0 bridgehead atoms. The van der Waals surface area contributed by atoms with E-state index >= 15 is 0 Å². The average Bonchev–Trinajstić information content (AvgIpc) is 2.26. The lowest BCUT2D eigenvalue weighted by Gasteiger charge is -2.14. The van der Waals surface area contributed by atoms with Gasteiger partial charge in [-0.05, 0) is 36.5 Å². The van der Waals surface area contributed by atoms with Crippen molar-refractivity contribution >= 4 is 0 Å². The van der Waals surface area contributed by atoms with Crippen molar-refractivity contribution in [3.05, 3.63) is 35.6 Å². The van der Waals surface area contributed by atoms with E-state index in [4.69, 9.17) is 0 Å². The second-order valence-corrected chi connectivity index (χ2v) is 4.54. The third kappa shape index (κ3) is 4.31. The maximum Gasteiger partial charge on any atom is 0.123 e. The third-order valence-corrected chi connectivity index (χ3v) is 2.95. The van der Waals surface area contributed by atoms with E-state index in [0.29, 0.717) is 17.9 Å². The number of halogens is 1. The lowest BCUT2D eigenvalue weighted by Crippen LogP contribution is -2.02. The molecule has 1 nitrogen and oxygen atoms in total. The Hall–Kier alpha value is -0.890. The lowest BCUT2D eigenvalue weighted by atomic mass is 9.96. The molecule has 0 saturated carbocycles. The first kappa shape index (κ1) is 13.2. The van der Waals surface area contributed by atoms with E-state index in [-0.39, 0.29) is 5.82 Å². The van der Waals surface area contributed by atoms with Gasteiger partial charge in [-0.15, -0.1) is 0 Å². The number of aliphatic hydroxyl groups excluding tert-OH is 1. The molecule has 0 amide bonds. The van der Waals surface area contributed by atoms with Crippen LogP contribution in [0.5, 0.6) is 0 Å². The molecule has 1 aromatic carbocycles. The molecule has 0 aliphatic rings. The Balaban J connectivity index is 2.43. The number of aliphatic hydroxyl groups is 1. The monoisotopic (exact) mass is 224 g/mol. The molecular formula is C14H21FO. The normalized spacial score (nSPS) is 14.8. The van der Waals surface area contributed by atoms with Gasteiger partial charge in [-0.25, -0.2) is 4.39 Å². The number of hydrogen-bond acceptors (Lipinski definition) is 1. The van der Waals surface area contributed by atoms with Crippen LogP contribution in [-0.2, 0) is 0 Å². The molecule has 90 valence electrons. The first-order chi connectivity index (χ1) is 7.63. The maximum absolute atomic E-state index is 12.9. The molecule has 1 aromatic rings. The van der Waals surface area contributed by atoms with Gasteiger partial charge in [-0.3, -0.25) is 0 Å². The predicted molar refractivity (Wildman–Crippen MR) is 64.7 cm³/mol. The van der Waals surface area contributed by atoms with E-state index < -0.39 is 6.10 Å². The van der Waals surface area contributed by atoms with Gasteiger partial charge in [0.2, 0.25) is 0 Å². The minimum absolute atomic E-state index is 0.279. The fourth-order valence-electron chi connectivity index (χ4n) is 1.96. The Labute approximate surface area is 97.3 Å². The molecule has 0 radical (unpaired) electrons. The standard InChI is InChI=1S/C14H21FO/c1-3-5-11(2)8-9-14(16)12-6-4-7-13(15)10-12/h4,6-7,10-11,14,16H,3,5,8-9H2,1-2H3/t11-,14+/m1/s1. The second kappa shape index (κ2) is 6.64. The summed E-state index contributed by atoms with van der Waals surface area (Å²) in [6.45, 7) is 4.36. The zero-order chi connectivity index (χ0) is 12.0. The molecule has 1 rings (SSSR count). The minimum atomic E-state index is -0.532. The molecule has 0 spiro atoms. The lowest BCUT2D eigenvalue weighted by molar-refractivity contribution is 0.156. The van der Waals surface area contributed by atoms with Crippen molar-refractivity contribution in [1.82, 2.24) is 0 Å². The highest BCUT2D eigenvalue weighted by atomic mass is 19.1. The highest BCUT2D eigenvalue weighted by molar-refractivity contribution is 5.18. The topological polar surface area (TPSA) is 20.2 Å². The van der Waals surface area contributed by atoms with Gasteiger partial charge in [0.05, 0.1) is 6.10 Å². The van der Waals surface area contributed by atoms with Crippen LogP contribution in [0, 0.1) is 11.7 Å². The Bertz CT molecular complexity index is 311. The quantitative estimate of drug-likeness (QED) is 0.772. The van der Waals surface area contributed by atoms with Gasteiger partial charge >= 0.3 is 0 Å². The van der Waals surface area contributed by atoms with E-state index in [9.17, 15) is 9.50 Å². The molecule has 0 aliphatic heterocycles. The fraction of sp³-hybridized carbons (Fsp3) is 0.571. The summed E-state index contributed by atoms with van der Waals surface area (Å²) in [5, 5.41) is 9.90. The van der Waals surface area contributed by atoms with Crippen LogP contribution in [0.2, 0.25) is 0 Å². The van der Waals surface area contributed by atoms with Crippen LogP contribution in [0.1, 0.15) is 51.2 Å². The van der Waals surface area contributed by atoms with Crippen LogP contribution >= 0.6 is 0 Å². The Morgan fingerprint density at radius 3 is 2.62 bits per heavy atom. The molecule has 0 saturated heterocycles. The average molecular weight is 224 g/mol. The summed E-state index contributed by atoms with van der Waals surface area (Å²) >= 11 is 0. The minimum Gasteiger partial charge on any atom is -0.388 e. The molecular weight excluding hydrogens is 203 g/mol. The summed E-state index contributed by atoms with van der Waals surface area (Å²) in [4.78, 5) is 0. The van der Waals surface area contributed by atoms with Crippen molar-refractivity contribution in [2.75, 3.05) is 0 Å². The summed E-state index contributed by atoms with van der Waals surface area (Å²) in [7, 11) is 0. The summed E-state index contributed by atoms with van der Waals surface area (Å²) in [6.07, 6.45) is 3.54. The highest BCUT2D eigenvalue weighted by Gasteiger charge is 2.10. The van der Waals surface area contributed by atoms with Gasteiger partial charge in [0, 0.05) is 0 Å². The van der Waals surface area contributed by atoms with Crippen molar-refractivity contribution in [2.24, 2.45) is 5.92 Å². The molecule has 1 N–H and O–H groups in total. The van der Waals surface area contributed by atoms with E-state index in [1.54, 1.807) is 12.1 Å². The van der Waals surface area contributed by atoms with Crippen molar-refractivity contribution in [2.45, 2.75) is 45.6 Å². The number of rotatable bonds is 6. The van der Waals surface area contributed by atoms with Gasteiger partial charge in [0.15, 0.2) is 0 Å². The highest BCUT2D eigenvalue weighted by Crippen LogP contribution is 2.23. The fourth-order valence-corrected chi connectivity index (χ4v) is 1.96. The first-order valence-electron chi connectivity index (χ1n) is 6.07. The predicted octanol–water partition coefficient (Wildman–Crippen LogP) is 4.08. The van der Waals surface area contributed by atoms with Crippen LogP contribution in [0.15, 0.2) is 24.3 Å². The molecule has 0 aromatic heterocycles. The second-order valence-electron chi connectivity index (χ2n) is 4.54. The van der Waals surface area contributed by atoms with Crippen LogP contribution in [-0.4, -0.2) is 5.11 Å². The van der Waals surface area contributed by atoms with Crippen molar-refractivity contribution in [3.8, 4) is 0 Å². The molecule has 0 aliphatic carbocycles. The van der Waals surface area contributed by atoms with Gasteiger partial charge in [0.25, 0.3) is 0 Å². The third-order valence-electron chi connectivity index (χ3n) is 2.95. The summed E-state index contributed by atoms with van der Waals surface area (Å²) in [5.74, 6) is 0.353. The van der Waals surface area contributed by atoms with E-state index in [2.05, 4.69) is 13.8 Å². The molecule has 2 heteroatoms. The van der Waals surface area contributed by atoms with Gasteiger partial charge < -0.3 is 5.11 Å². The molecule has 2 atom stereocenters. The molecule has 16 heavy (non-hydrogen) atoms. The summed E-state index contributed by atoms with van der Waals surface area (Å²) in [6, 6.07) is 6.23. The zero-order valence-electron chi connectivity index (χ0n) is 10.1. The Kier molecular flexibility index (Phi) is 5.47. The van der Waals surface area contributed by atoms with Crippen molar-refractivity contribution in [1.29, 1.82) is 0 Å². The van der Waals surface area contributed by atoms with Crippen molar-refractivity contribution < 1.29 is 9.50 Å². The molecule has 0 fully saturated rings. The number of benzene rings is 1. The Morgan fingerprint density at radius 2 is 2.00 bits per heavy atom. The van der Waals surface area contributed by atoms with Crippen molar-refractivity contribution in [3.63, 3.8) is 0 Å². The largest absolute Gasteiger partial charge is 0.388 e. The van der Waals surface area contributed by atoms with E-state index in [0.717, 1.165) is 6.42 Å². The maximum atomic E-state index is 12.9. The Morgan fingerprint density at radius 1 is 1.25 bits per heavy atom. The van der Waals surface area contributed by atoms with Gasteiger partial charge in [-0.1, -0.05) is 38.8 Å². The summed E-state index contributed by atoms with van der Waals surface area (Å²) < 4.78 is 12.9. The molecule has 0 heterocycles. The number of hydrogen-bond donors (Lipinski definition) is 1. The van der Waals surface area contributed by atoms with Crippen LogP contribution < -0.4 is 0 Å². The smallest absolute Gasteiger partial charge is 0.123 e. The zero-order valence-corrected chi connectivity index (χ0v) is 10.1. The van der Waals surface area contributed by atoms with E-state index in [1.165, 1.54) is 25.0 Å². The SMILES string of the molecule is CCC[C@@H](C)CC[C@H](O)c1cccc(F)c1. The van der Waals surface area contributed by atoms with Crippen LogP contribution in [0.25, 0.3) is 0 Å². The first-order valence-corrected chi connectivity index (χ1v) is 6.07. The van der Waals surface area contributed by atoms with Gasteiger partial charge in [0.1, 0.15) is 5.82 Å². The van der Waals surface area contributed by atoms with E-state index in [1.807, 2.05) is 0 Å². The van der Waals surface area contributed by atoms with Gasteiger partial charge in [-0.2, -0.15) is 0 Å².